The number of ether oxygens (including phenoxy) is 2. The fourth-order valence-corrected chi connectivity index (χ4v) is 4.18. The van der Waals surface area contributed by atoms with E-state index in [9.17, 15) is 13.6 Å². The number of esters is 1. The van der Waals surface area contributed by atoms with Gasteiger partial charge in [-0.1, -0.05) is 32.0 Å². The Labute approximate surface area is 218 Å². The SMILES string of the molecule is CCCN(CCC(C)c1ncccc1C(=O)OC(C)C)Cc1cccc(OCc2c(F)cccc2F)c1. The zero-order valence-corrected chi connectivity index (χ0v) is 22.0. The van der Waals surface area contributed by atoms with Crippen LogP contribution in [0.1, 0.15) is 73.6 Å². The van der Waals surface area contributed by atoms with Crippen LogP contribution in [0.2, 0.25) is 0 Å². The molecule has 0 saturated carbocycles. The molecule has 3 rings (SSSR count). The molecule has 1 heterocycles. The Hall–Kier alpha value is -3.32. The van der Waals surface area contributed by atoms with Crippen molar-refractivity contribution < 1.29 is 23.0 Å². The maximum absolute atomic E-state index is 13.9. The van der Waals surface area contributed by atoms with E-state index in [0.29, 0.717) is 17.9 Å². The number of halogens is 2. The number of aromatic nitrogens is 1. The highest BCUT2D eigenvalue weighted by Crippen LogP contribution is 2.24. The summed E-state index contributed by atoms with van der Waals surface area (Å²) in [5.74, 6) is -0.948. The lowest BCUT2D eigenvalue weighted by molar-refractivity contribution is 0.0375. The van der Waals surface area contributed by atoms with Crippen LogP contribution in [-0.4, -0.2) is 35.0 Å². The lowest BCUT2D eigenvalue weighted by atomic mass is 9.98. The average Bonchev–Trinajstić information content (AvgIpc) is 2.87. The van der Waals surface area contributed by atoms with Gasteiger partial charge in [0.05, 0.1) is 22.9 Å². The predicted octanol–water partition coefficient (Wildman–Crippen LogP) is 6.91. The van der Waals surface area contributed by atoms with Crippen LogP contribution in [0.15, 0.2) is 60.8 Å². The standard InChI is InChI=1S/C30H36F2N2O3/c1-5-16-34(17-14-22(4)29-25(11-8-15-33-29)30(35)37-21(2)3)19-23-9-6-10-24(18-23)36-20-26-27(31)12-7-13-28(26)32/h6-13,15,18,21-22H,5,14,16-17,19-20H2,1-4H3. The number of hydrogen-bond donors (Lipinski definition) is 0. The van der Waals surface area contributed by atoms with Gasteiger partial charge in [-0.2, -0.15) is 0 Å². The summed E-state index contributed by atoms with van der Waals surface area (Å²) in [6.45, 7) is 10.1. The summed E-state index contributed by atoms with van der Waals surface area (Å²) >= 11 is 0. The third-order valence-electron chi connectivity index (χ3n) is 6.04. The molecule has 0 saturated heterocycles. The van der Waals surface area contributed by atoms with Crippen LogP contribution in [0.3, 0.4) is 0 Å². The summed E-state index contributed by atoms with van der Waals surface area (Å²) in [5, 5.41) is 0. The molecule has 37 heavy (non-hydrogen) atoms. The van der Waals surface area contributed by atoms with Gasteiger partial charge >= 0.3 is 5.97 Å². The second-order valence-electron chi connectivity index (χ2n) is 9.49. The summed E-state index contributed by atoms with van der Waals surface area (Å²) in [7, 11) is 0. The lowest BCUT2D eigenvalue weighted by Gasteiger charge is -2.24. The smallest absolute Gasteiger partial charge is 0.340 e. The van der Waals surface area contributed by atoms with Crippen molar-refractivity contribution in [3.8, 4) is 5.75 Å². The predicted molar refractivity (Wildman–Crippen MR) is 141 cm³/mol. The minimum atomic E-state index is -0.618. The molecule has 0 bridgehead atoms. The Morgan fingerprint density at radius 1 is 1.00 bits per heavy atom. The van der Waals surface area contributed by atoms with E-state index in [-0.39, 0.29) is 30.2 Å². The monoisotopic (exact) mass is 510 g/mol. The van der Waals surface area contributed by atoms with Crippen LogP contribution in [-0.2, 0) is 17.9 Å². The molecular formula is C30H36F2N2O3. The van der Waals surface area contributed by atoms with Gasteiger partial charge in [0, 0.05) is 18.7 Å². The summed E-state index contributed by atoms with van der Waals surface area (Å²) in [6, 6.07) is 14.9. The number of nitrogens with zero attached hydrogens (tertiary/aromatic N) is 2. The molecule has 0 aliphatic heterocycles. The van der Waals surface area contributed by atoms with Crippen molar-refractivity contribution in [1.29, 1.82) is 0 Å². The molecule has 198 valence electrons. The Bertz CT molecular complexity index is 1150. The summed E-state index contributed by atoms with van der Waals surface area (Å²) < 4.78 is 39.0. The number of benzene rings is 2. The quantitative estimate of drug-likeness (QED) is 0.234. The van der Waals surface area contributed by atoms with Gasteiger partial charge in [-0.15, -0.1) is 0 Å². The van der Waals surface area contributed by atoms with Gasteiger partial charge < -0.3 is 9.47 Å². The van der Waals surface area contributed by atoms with Crippen molar-refractivity contribution in [3.63, 3.8) is 0 Å². The summed E-state index contributed by atoms with van der Waals surface area (Å²) in [4.78, 5) is 19.4. The van der Waals surface area contributed by atoms with Gasteiger partial charge in [-0.25, -0.2) is 13.6 Å². The highest BCUT2D eigenvalue weighted by molar-refractivity contribution is 5.90. The molecule has 0 aliphatic rings. The minimum absolute atomic E-state index is 0.0700. The minimum Gasteiger partial charge on any atom is -0.489 e. The van der Waals surface area contributed by atoms with Crippen LogP contribution >= 0.6 is 0 Å². The maximum Gasteiger partial charge on any atom is 0.340 e. The topological polar surface area (TPSA) is 51.7 Å². The van der Waals surface area contributed by atoms with E-state index in [1.165, 1.54) is 18.2 Å². The number of pyridine rings is 1. The number of carbonyl (C=O) groups is 1. The molecule has 0 fully saturated rings. The van der Waals surface area contributed by atoms with E-state index in [1.807, 2.05) is 32.0 Å². The zero-order valence-electron chi connectivity index (χ0n) is 22.0. The van der Waals surface area contributed by atoms with Gasteiger partial charge in [0.1, 0.15) is 24.0 Å². The largest absolute Gasteiger partial charge is 0.489 e. The number of carbonyl (C=O) groups excluding carboxylic acids is 1. The molecule has 0 radical (unpaired) electrons. The van der Waals surface area contributed by atoms with Gasteiger partial charge in [0.25, 0.3) is 0 Å². The maximum atomic E-state index is 13.9. The number of hydrogen-bond acceptors (Lipinski definition) is 5. The Balaban J connectivity index is 1.63. The molecular weight excluding hydrogens is 474 g/mol. The fourth-order valence-electron chi connectivity index (χ4n) is 4.18. The first kappa shape index (κ1) is 28.3. The fraction of sp³-hybridized carbons (Fsp3) is 0.400. The first-order chi connectivity index (χ1) is 17.8. The molecule has 7 heteroatoms. The van der Waals surface area contributed by atoms with Gasteiger partial charge in [0.15, 0.2) is 0 Å². The van der Waals surface area contributed by atoms with Gasteiger partial charge in [-0.3, -0.25) is 9.88 Å². The van der Waals surface area contributed by atoms with Gasteiger partial charge in [-0.05, 0) is 81.7 Å². The first-order valence-corrected chi connectivity index (χ1v) is 12.8. The molecule has 0 amide bonds. The molecule has 0 spiro atoms. The van der Waals surface area contributed by atoms with E-state index in [4.69, 9.17) is 9.47 Å². The van der Waals surface area contributed by atoms with Crippen molar-refractivity contribution in [2.75, 3.05) is 13.1 Å². The Morgan fingerprint density at radius 3 is 2.43 bits per heavy atom. The van der Waals surface area contributed by atoms with Crippen LogP contribution in [0.4, 0.5) is 8.78 Å². The lowest BCUT2D eigenvalue weighted by Crippen LogP contribution is -2.26. The highest BCUT2D eigenvalue weighted by atomic mass is 19.1. The second kappa shape index (κ2) is 13.8. The van der Waals surface area contributed by atoms with E-state index in [0.717, 1.165) is 37.2 Å². The highest BCUT2D eigenvalue weighted by Gasteiger charge is 2.20. The van der Waals surface area contributed by atoms with Crippen molar-refractivity contribution in [2.45, 2.75) is 65.7 Å². The molecule has 0 N–H and O–H groups in total. The van der Waals surface area contributed by atoms with E-state index in [1.54, 1.807) is 24.4 Å². The van der Waals surface area contributed by atoms with Gasteiger partial charge in [0.2, 0.25) is 0 Å². The normalized spacial score (nSPS) is 12.1. The Kier molecular flexibility index (Phi) is 10.6. The van der Waals surface area contributed by atoms with E-state index >= 15 is 0 Å². The van der Waals surface area contributed by atoms with Crippen LogP contribution in [0.25, 0.3) is 0 Å². The summed E-state index contributed by atoms with van der Waals surface area (Å²) in [6.07, 6.45) is 3.33. The molecule has 0 aliphatic carbocycles. The number of rotatable bonds is 13. The van der Waals surface area contributed by atoms with Crippen LogP contribution in [0, 0.1) is 11.6 Å². The average molecular weight is 511 g/mol. The van der Waals surface area contributed by atoms with Crippen molar-refractivity contribution in [3.05, 3.63) is 94.8 Å². The second-order valence-corrected chi connectivity index (χ2v) is 9.49. The van der Waals surface area contributed by atoms with E-state index < -0.39 is 11.6 Å². The van der Waals surface area contributed by atoms with Crippen LogP contribution in [0.5, 0.6) is 5.75 Å². The van der Waals surface area contributed by atoms with Crippen LogP contribution < -0.4 is 4.74 Å². The third kappa shape index (κ3) is 8.35. The molecule has 1 unspecified atom stereocenters. The third-order valence-corrected chi connectivity index (χ3v) is 6.04. The molecule has 2 aromatic carbocycles. The molecule has 3 aromatic rings. The summed E-state index contributed by atoms with van der Waals surface area (Å²) in [5.41, 5.74) is 2.23. The molecule has 5 nitrogen and oxygen atoms in total. The zero-order chi connectivity index (χ0) is 26.8. The van der Waals surface area contributed by atoms with Crippen molar-refractivity contribution >= 4 is 5.97 Å². The van der Waals surface area contributed by atoms with Crippen molar-refractivity contribution in [2.24, 2.45) is 0 Å². The Morgan fingerprint density at radius 2 is 1.73 bits per heavy atom. The van der Waals surface area contributed by atoms with Crippen molar-refractivity contribution in [1.82, 2.24) is 9.88 Å². The molecule has 1 atom stereocenters. The van der Waals surface area contributed by atoms with E-state index in [2.05, 4.69) is 23.7 Å². The molecule has 1 aromatic heterocycles. The first-order valence-electron chi connectivity index (χ1n) is 12.8.